The molecular weight excluding hydrogens is 256 g/mol. The molecule has 0 spiro atoms. The highest BCUT2D eigenvalue weighted by molar-refractivity contribution is 5.70. The first kappa shape index (κ1) is 15.7. The molecular formula is C15H28N2O3. The van der Waals surface area contributed by atoms with Crippen LogP contribution in [0.2, 0.25) is 0 Å². The summed E-state index contributed by atoms with van der Waals surface area (Å²) in [4.78, 5) is 15.7. The van der Waals surface area contributed by atoms with Gasteiger partial charge in [-0.15, -0.1) is 0 Å². The lowest BCUT2D eigenvalue weighted by Crippen LogP contribution is -2.50. The van der Waals surface area contributed by atoms with E-state index < -0.39 is 11.6 Å². The molecule has 1 heterocycles. The lowest BCUT2D eigenvalue weighted by Gasteiger charge is -2.40. The molecule has 1 aliphatic heterocycles. The van der Waals surface area contributed by atoms with Gasteiger partial charge in [-0.25, -0.2) is 0 Å². The van der Waals surface area contributed by atoms with Gasteiger partial charge < -0.3 is 15.1 Å². The molecule has 2 fully saturated rings. The Labute approximate surface area is 121 Å². The van der Waals surface area contributed by atoms with E-state index in [2.05, 4.69) is 23.8 Å². The van der Waals surface area contributed by atoms with Crippen LogP contribution in [0.4, 0.5) is 0 Å². The van der Waals surface area contributed by atoms with E-state index in [1.54, 1.807) is 0 Å². The van der Waals surface area contributed by atoms with Crippen LogP contribution < -0.4 is 0 Å². The van der Waals surface area contributed by atoms with E-state index >= 15 is 0 Å². The highest BCUT2D eigenvalue weighted by atomic mass is 16.4. The molecule has 0 aromatic heterocycles. The molecule has 1 saturated heterocycles. The van der Waals surface area contributed by atoms with E-state index in [0.717, 1.165) is 26.1 Å². The molecule has 0 bridgehead atoms. The van der Waals surface area contributed by atoms with Crippen molar-refractivity contribution in [2.24, 2.45) is 5.92 Å². The second kappa shape index (κ2) is 6.41. The molecule has 1 aliphatic carbocycles. The zero-order valence-corrected chi connectivity index (χ0v) is 12.7. The predicted octanol–water partition coefficient (Wildman–Crippen LogP) is 1.02. The molecule has 0 radical (unpaired) electrons. The molecule has 2 rings (SSSR count). The van der Waals surface area contributed by atoms with Gasteiger partial charge in [0.15, 0.2) is 0 Å². The fraction of sp³-hybridized carbons (Fsp3) is 0.933. The van der Waals surface area contributed by atoms with Crippen LogP contribution in [0.5, 0.6) is 0 Å². The second-order valence-corrected chi connectivity index (χ2v) is 6.77. The minimum absolute atomic E-state index is 0.261. The van der Waals surface area contributed by atoms with Crippen molar-refractivity contribution in [2.75, 3.05) is 33.2 Å². The molecule has 1 saturated carbocycles. The van der Waals surface area contributed by atoms with Crippen molar-refractivity contribution in [1.82, 2.24) is 9.80 Å². The van der Waals surface area contributed by atoms with Gasteiger partial charge in [-0.3, -0.25) is 9.69 Å². The molecule has 2 aliphatic rings. The average Bonchev–Trinajstić information content (AvgIpc) is 2.51. The molecule has 0 aromatic carbocycles. The van der Waals surface area contributed by atoms with Crippen LogP contribution in [0.15, 0.2) is 0 Å². The van der Waals surface area contributed by atoms with Gasteiger partial charge in [0.2, 0.25) is 0 Å². The maximum Gasteiger partial charge on any atom is 0.306 e. The Kier molecular flexibility index (Phi) is 5.04. The Morgan fingerprint density at radius 3 is 2.55 bits per heavy atom. The first-order valence-corrected chi connectivity index (χ1v) is 7.77. The van der Waals surface area contributed by atoms with Crippen molar-refractivity contribution in [3.05, 3.63) is 0 Å². The van der Waals surface area contributed by atoms with E-state index in [1.165, 1.54) is 0 Å². The number of likely N-dealkylation sites (N-methyl/N-ethyl adjacent to an activating group) is 1. The van der Waals surface area contributed by atoms with Gasteiger partial charge >= 0.3 is 5.97 Å². The molecule has 20 heavy (non-hydrogen) atoms. The topological polar surface area (TPSA) is 64.0 Å². The lowest BCUT2D eigenvalue weighted by atomic mass is 9.78. The van der Waals surface area contributed by atoms with Gasteiger partial charge in [0, 0.05) is 19.1 Å². The number of β-amino-alcohol motifs (C(OH)–C–C–N with tert-alkyl or cyclic N) is 1. The molecule has 116 valence electrons. The summed E-state index contributed by atoms with van der Waals surface area (Å²) < 4.78 is 0. The van der Waals surface area contributed by atoms with Crippen molar-refractivity contribution in [3.63, 3.8) is 0 Å². The Morgan fingerprint density at radius 1 is 1.30 bits per heavy atom. The van der Waals surface area contributed by atoms with E-state index in [-0.39, 0.29) is 5.92 Å². The number of aliphatic carboxylic acids is 1. The van der Waals surface area contributed by atoms with Crippen LogP contribution in [-0.2, 0) is 4.79 Å². The number of carboxylic acids is 1. The van der Waals surface area contributed by atoms with E-state index in [4.69, 9.17) is 5.11 Å². The van der Waals surface area contributed by atoms with Crippen LogP contribution in [0.1, 0.15) is 39.0 Å². The van der Waals surface area contributed by atoms with E-state index in [9.17, 15) is 9.90 Å². The van der Waals surface area contributed by atoms with Gasteiger partial charge in [0.25, 0.3) is 0 Å². The molecule has 2 N–H and O–H groups in total. The van der Waals surface area contributed by atoms with Crippen molar-refractivity contribution in [2.45, 2.75) is 50.7 Å². The second-order valence-electron chi connectivity index (χ2n) is 6.77. The monoisotopic (exact) mass is 284 g/mol. The Morgan fingerprint density at radius 2 is 1.95 bits per heavy atom. The van der Waals surface area contributed by atoms with Crippen molar-refractivity contribution < 1.29 is 15.0 Å². The van der Waals surface area contributed by atoms with Gasteiger partial charge in [-0.2, -0.15) is 0 Å². The normalized spacial score (nSPS) is 37.5. The molecule has 1 atom stereocenters. The number of hydrogen-bond donors (Lipinski definition) is 2. The van der Waals surface area contributed by atoms with Crippen LogP contribution >= 0.6 is 0 Å². The summed E-state index contributed by atoms with van der Waals surface area (Å²) in [6.07, 6.45) is 3.57. The summed E-state index contributed by atoms with van der Waals surface area (Å²) in [5, 5.41) is 19.8. The zero-order valence-electron chi connectivity index (χ0n) is 12.7. The third-order valence-electron chi connectivity index (χ3n) is 4.95. The SMILES string of the molecule is CC1CN(C)CCCN1CC1(O)CCC(C(=O)O)CC1. The maximum atomic E-state index is 11.0. The highest BCUT2D eigenvalue weighted by Crippen LogP contribution is 2.33. The van der Waals surface area contributed by atoms with Crippen LogP contribution in [-0.4, -0.2) is 70.9 Å². The minimum Gasteiger partial charge on any atom is -0.481 e. The maximum absolute atomic E-state index is 11.0. The summed E-state index contributed by atoms with van der Waals surface area (Å²) in [6.45, 7) is 6.08. The van der Waals surface area contributed by atoms with Crippen LogP contribution in [0, 0.1) is 5.92 Å². The smallest absolute Gasteiger partial charge is 0.306 e. The third kappa shape index (κ3) is 3.93. The highest BCUT2D eigenvalue weighted by Gasteiger charge is 2.38. The number of carbonyl (C=O) groups is 1. The fourth-order valence-electron chi connectivity index (χ4n) is 3.60. The quantitative estimate of drug-likeness (QED) is 0.810. The van der Waals surface area contributed by atoms with Crippen molar-refractivity contribution in [3.8, 4) is 0 Å². The summed E-state index contributed by atoms with van der Waals surface area (Å²) in [5.41, 5.74) is -0.691. The number of hydrogen-bond acceptors (Lipinski definition) is 4. The van der Waals surface area contributed by atoms with Crippen molar-refractivity contribution >= 4 is 5.97 Å². The summed E-state index contributed by atoms with van der Waals surface area (Å²) in [5.74, 6) is -0.972. The first-order chi connectivity index (χ1) is 9.39. The number of aliphatic hydroxyl groups is 1. The van der Waals surface area contributed by atoms with Crippen LogP contribution in [0.3, 0.4) is 0 Å². The van der Waals surface area contributed by atoms with Gasteiger partial charge in [-0.1, -0.05) is 0 Å². The predicted molar refractivity (Wildman–Crippen MR) is 77.7 cm³/mol. The Hall–Kier alpha value is -0.650. The summed E-state index contributed by atoms with van der Waals surface area (Å²) in [6, 6.07) is 0.448. The molecule has 5 nitrogen and oxygen atoms in total. The number of nitrogens with zero attached hydrogens (tertiary/aromatic N) is 2. The molecule has 0 aromatic rings. The summed E-state index contributed by atoms with van der Waals surface area (Å²) >= 11 is 0. The largest absolute Gasteiger partial charge is 0.481 e. The number of carboxylic acid groups (broad SMARTS) is 1. The minimum atomic E-state index is -0.711. The van der Waals surface area contributed by atoms with Gasteiger partial charge in [0.1, 0.15) is 0 Å². The van der Waals surface area contributed by atoms with Crippen LogP contribution in [0.25, 0.3) is 0 Å². The summed E-state index contributed by atoms with van der Waals surface area (Å²) in [7, 11) is 2.15. The number of rotatable bonds is 3. The molecule has 0 amide bonds. The standard InChI is InChI=1S/C15H28N2O3/c1-12-10-16(2)8-3-9-17(12)11-15(20)6-4-13(5-7-15)14(18)19/h12-13,20H,3-11H2,1-2H3,(H,18,19). The Bertz CT molecular complexity index is 340. The Balaban J connectivity index is 1.90. The lowest BCUT2D eigenvalue weighted by molar-refractivity contribution is -0.145. The first-order valence-electron chi connectivity index (χ1n) is 7.77. The third-order valence-corrected chi connectivity index (χ3v) is 4.95. The van der Waals surface area contributed by atoms with E-state index in [0.29, 0.717) is 38.3 Å². The average molecular weight is 284 g/mol. The van der Waals surface area contributed by atoms with Crippen molar-refractivity contribution in [1.29, 1.82) is 0 Å². The van der Waals surface area contributed by atoms with Gasteiger partial charge in [-0.05, 0) is 59.2 Å². The molecule has 5 heteroatoms. The van der Waals surface area contributed by atoms with E-state index in [1.807, 2.05) is 0 Å². The molecule has 1 unspecified atom stereocenters. The van der Waals surface area contributed by atoms with Gasteiger partial charge in [0.05, 0.1) is 11.5 Å². The fourth-order valence-corrected chi connectivity index (χ4v) is 3.60. The zero-order chi connectivity index (χ0) is 14.8.